The number of hydrogen-bond acceptors (Lipinski definition) is 1. The van der Waals surface area contributed by atoms with Crippen molar-refractivity contribution in [2.75, 3.05) is 0 Å². The molecule has 1 saturated carbocycles. The average molecular weight is 214 g/mol. The summed E-state index contributed by atoms with van der Waals surface area (Å²) in [6.07, 6.45) is 4.78. The molecule has 1 aromatic carbocycles. The van der Waals surface area contributed by atoms with Gasteiger partial charge in [0.25, 0.3) is 0 Å². The first-order valence-corrected chi connectivity index (χ1v) is 6.19. The highest BCUT2D eigenvalue weighted by Gasteiger charge is 2.22. The molecular formula is C14H18N2. The molecule has 2 heteroatoms. The van der Waals surface area contributed by atoms with Crippen molar-refractivity contribution in [3.63, 3.8) is 0 Å². The monoisotopic (exact) mass is 214 g/mol. The van der Waals surface area contributed by atoms with Gasteiger partial charge in [0.15, 0.2) is 0 Å². The minimum absolute atomic E-state index is 0.591. The van der Waals surface area contributed by atoms with Gasteiger partial charge in [-0.15, -0.1) is 0 Å². The molecule has 16 heavy (non-hydrogen) atoms. The van der Waals surface area contributed by atoms with Gasteiger partial charge in [0.05, 0.1) is 17.4 Å². The highest BCUT2D eigenvalue weighted by atomic mass is 15.0. The SMILES string of the molecule is CC(C)c1ccc2ncn(CC3CC3)c2c1. The fourth-order valence-electron chi connectivity index (χ4n) is 2.16. The topological polar surface area (TPSA) is 17.8 Å². The van der Waals surface area contributed by atoms with E-state index in [1.807, 2.05) is 6.33 Å². The van der Waals surface area contributed by atoms with Crippen LogP contribution in [0.3, 0.4) is 0 Å². The molecular weight excluding hydrogens is 196 g/mol. The fourth-order valence-corrected chi connectivity index (χ4v) is 2.16. The van der Waals surface area contributed by atoms with Gasteiger partial charge in [0, 0.05) is 6.54 Å². The Morgan fingerprint density at radius 2 is 2.19 bits per heavy atom. The summed E-state index contributed by atoms with van der Waals surface area (Å²) < 4.78 is 2.32. The minimum Gasteiger partial charge on any atom is -0.330 e. The first kappa shape index (κ1) is 9.88. The number of aromatic nitrogens is 2. The molecule has 0 atom stereocenters. The number of benzene rings is 1. The summed E-state index contributed by atoms with van der Waals surface area (Å²) in [5.74, 6) is 1.49. The standard InChI is InChI=1S/C14H18N2/c1-10(2)12-5-6-13-14(7-12)16(9-15-13)8-11-3-4-11/h5-7,9-11H,3-4,8H2,1-2H3. The molecule has 0 aliphatic heterocycles. The van der Waals surface area contributed by atoms with E-state index in [1.54, 1.807) is 0 Å². The lowest BCUT2D eigenvalue weighted by Gasteiger charge is -2.07. The van der Waals surface area contributed by atoms with Gasteiger partial charge in [-0.3, -0.25) is 0 Å². The first-order chi connectivity index (χ1) is 7.74. The van der Waals surface area contributed by atoms with Crippen molar-refractivity contribution in [3.8, 4) is 0 Å². The number of rotatable bonds is 3. The van der Waals surface area contributed by atoms with Crippen LogP contribution in [0.1, 0.15) is 38.2 Å². The second kappa shape index (κ2) is 3.62. The second-order valence-electron chi connectivity index (χ2n) is 5.24. The number of fused-ring (bicyclic) bond motifs is 1. The van der Waals surface area contributed by atoms with E-state index in [2.05, 4.69) is 41.6 Å². The lowest BCUT2D eigenvalue weighted by molar-refractivity contribution is 0.642. The lowest BCUT2D eigenvalue weighted by Crippen LogP contribution is -1.98. The Labute approximate surface area is 96.3 Å². The zero-order chi connectivity index (χ0) is 11.1. The summed E-state index contributed by atoms with van der Waals surface area (Å²) in [5.41, 5.74) is 3.84. The van der Waals surface area contributed by atoms with Gasteiger partial charge in [0.1, 0.15) is 0 Å². The van der Waals surface area contributed by atoms with Gasteiger partial charge < -0.3 is 4.57 Å². The van der Waals surface area contributed by atoms with Crippen LogP contribution in [0.25, 0.3) is 11.0 Å². The molecule has 1 aromatic heterocycles. The molecule has 1 heterocycles. The molecule has 0 bridgehead atoms. The molecule has 0 radical (unpaired) electrons. The molecule has 0 spiro atoms. The van der Waals surface area contributed by atoms with Gasteiger partial charge in [-0.1, -0.05) is 19.9 Å². The van der Waals surface area contributed by atoms with E-state index in [0.717, 1.165) is 18.0 Å². The Kier molecular flexibility index (Phi) is 2.23. The maximum absolute atomic E-state index is 4.46. The zero-order valence-corrected chi connectivity index (χ0v) is 9.98. The van der Waals surface area contributed by atoms with Crippen LogP contribution in [0.4, 0.5) is 0 Å². The summed E-state index contributed by atoms with van der Waals surface area (Å²) in [4.78, 5) is 4.46. The lowest BCUT2D eigenvalue weighted by atomic mass is 10.0. The van der Waals surface area contributed by atoms with Crippen LogP contribution >= 0.6 is 0 Å². The van der Waals surface area contributed by atoms with Crippen molar-refractivity contribution in [2.24, 2.45) is 5.92 Å². The third-order valence-electron chi connectivity index (χ3n) is 3.46. The minimum atomic E-state index is 0.591. The highest BCUT2D eigenvalue weighted by Crippen LogP contribution is 2.32. The summed E-state index contributed by atoms with van der Waals surface area (Å²) in [6.45, 7) is 5.63. The van der Waals surface area contributed by atoms with Crippen LogP contribution in [0.15, 0.2) is 24.5 Å². The Hall–Kier alpha value is -1.31. The Morgan fingerprint density at radius 3 is 2.88 bits per heavy atom. The molecule has 2 nitrogen and oxygen atoms in total. The third kappa shape index (κ3) is 1.73. The number of imidazole rings is 1. The van der Waals surface area contributed by atoms with Crippen molar-refractivity contribution in [1.82, 2.24) is 9.55 Å². The number of hydrogen-bond donors (Lipinski definition) is 0. The summed E-state index contributed by atoms with van der Waals surface area (Å²) in [7, 11) is 0. The van der Waals surface area contributed by atoms with E-state index in [9.17, 15) is 0 Å². The summed E-state index contributed by atoms with van der Waals surface area (Å²) >= 11 is 0. The smallest absolute Gasteiger partial charge is 0.0958 e. The molecule has 0 amide bonds. The highest BCUT2D eigenvalue weighted by molar-refractivity contribution is 5.76. The van der Waals surface area contributed by atoms with Crippen LogP contribution in [-0.2, 0) is 6.54 Å². The molecule has 1 fully saturated rings. The molecule has 1 aliphatic rings. The van der Waals surface area contributed by atoms with Crippen LogP contribution < -0.4 is 0 Å². The predicted molar refractivity (Wildman–Crippen MR) is 66.5 cm³/mol. The number of nitrogens with zero attached hydrogens (tertiary/aromatic N) is 2. The van der Waals surface area contributed by atoms with Crippen molar-refractivity contribution in [3.05, 3.63) is 30.1 Å². The van der Waals surface area contributed by atoms with E-state index >= 15 is 0 Å². The molecule has 3 rings (SSSR count). The second-order valence-corrected chi connectivity index (χ2v) is 5.24. The Morgan fingerprint density at radius 1 is 1.38 bits per heavy atom. The van der Waals surface area contributed by atoms with Crippen LogP contribution in [0, 0.1) is 5.92 Å². The van der Waals surface area contributed by atoms with Crippen molar-refractivity contribution in [1.29, 1.82) is 0 Å². The van der Waals surface area contributed by atoms with Gasteiger partial charge in [0.2, 0.25) is 0 Å². The maximum Gasteiger partial charge on any atom is 0.0958 e. The Balaban J connectivity index is 2.03. The average Bonchev–Trinajstić information content (AvgIpc) is 2.99. The van der Waals surface area contributed by atoms with Gasteiger partial charge >= 0.3 is 0 Å². The van der Waals surface area contributed by atoms with Gasteiger partial charge in [-0.25, -0.2) is 4.98 Å². The molecule has 0 unspecified atom stereocenters. The van der Waals surface area contributed by atoms with Gasteiger partial charge in [-0.2, -0.15) is 0 Å². The molecule has 1 aliphatic carbocycles. The largest absolute Gasteiger partial charge is 0.330 e. The molecule has 2 aromatic rings. The van der Waals surface area contributed by atoms with E-state index in [1.165, 1.54) is 23.9 Å². The molecule has 0 N–H and O–H groups in total. The zero-order valence-electron chi connectivity index (χ0n) is 9.98. The summed E-state index contributed by atoms with van der Waals surface area (Å²) in [6, 6.07) is 6.64. The molecule has 84 valence electrons. The third-order valence-corrected chi connectivity index (χ3v) is 3.46. The Bertz CT molecular complexity index is 506. The molecule has 0 saturated heterocycles. The van der Waals surface area contributed by atoms with E-state index in [4.69, 9.17) is 0 Å². The predicted octanol–water partition coefficient (Wildman–Crippen LogP) is 3.57. The van der Waals surface area contributed by atoms with Crippen LogP contribution in [0.2, 0.25) is 0 Å². The van der Waals surface area contributed by atoms with Crippen LogP contribution in [-0.4, -0.2) is 9.55 Å². The van der Waals surface area contributed by atoms with Crippen molar-refractivity contribution < 1.29 is 0 Å². The summed E-state index contributed by atoms with van der Waals surface area (Å²) in [5, 5.41) is 0. The van der Waals surface area contributed by atoms with E-state index in [0.29, 0.717) is 5.92 Å². The van der Waals surface area contributed by atoms with Crippen molar-refractivity contribution >= 4 is 11.0 Å². The van der Waals surface area contributed by atoms with E-state index < -0.39 is 0 Å². The first-order valence-electron chi connectivity index (χ1n) is 6.19. The maximum atomic E-state index is 4.46. The van der Waals surface area contributed by atoms with Crippen LogP contribution in [0.5, 0.6) is 0 Å². The van der Waals surface area contributed by atoms with Gasteiger partial charge in [-0.05, 0) is 42.4 Å². The van der Waals surface area contributed by atoms with Crippen molar-refractivity contribution in [2.45, 2.75) is 39.2 Å². The van der Waals surface area contributed by atoms with E-state index in [-0.39, 0.29) is 0 Å². The fraction of sp³-hybridized carbons (Fsp3) is 0.500. The normalized spacial score (nSPS) is 16.2. The quantitative estimate of drug-likeness (QED) is 0.763.